The van der Waals surface area contributed by atoms with Crippen LogP contribution in [0.5, 0.6) is 5.75 Å². The summed E-state index contributed by atoms with van der Waals surface area (Å²) in [6.45, 7) is 3.46. The average Bonchev–Trinajstić information content (AvgIpc) is 3.43. The van der Waals surface area contributed by atoms with Gasteiger partial charge in [-0.15, -0.1) is 0 Å². The minimum Gasteiger partial charge on any atom is -0.492 e. The molecule has 1 aromatic carbocycles. The second kappa shape index (κ2) is 7.63. The molecular weight excluding hydrogens is 364 g/mol. The van der Waals surface area contributed by atoms with Gasteiger partial charge in [-0.2, -0.15) is 5.10 Å². The van der Waals surface area contributed by atoms with E-state index in [0.29, 0.717) is 24.8 Å². The molecule has 0 aliphatic rings. The lowest BCUT2D eigenvalue weighted by Gasteiger charge is -2.18. The number of aromatic nitrogens is 3. The van der Waals surface area contributed by atoms with E-state index in [-0.39, 0.29) is 11.7 Å². The van der Waals surface area contributed by atoms with Crippen LogP contribution in [0.3, 0.4) is 0 Å². The number of thiazole rings is 1. The van der Waals surface area contributed by atoms with Crippen molar-refractivity contribution in [2.45, 2.75) is 13.5 Å². The zero-order valence-electron chi connectivity index (χ0n) is 14.7. The van der Waals surface area contributed by atoms with E-state index in [1.165, 1.54) is 17.6 Å². The Hall–Kier alpha value is -3.13. The number of anilines is 1. The third-order valence-corrected chi connectivity index (χ3v) is 5.03. The molecule has 0 N–H and O–H groups in total. The number of amides is 1. The Morgan fingerprint density at radius 1 is 1.30 bits per heavy atom. The number of para-hydroxylation sites is 1. The first kappa shape index (κ1) is 17.3. The fourth-order valence-corrected chi connectivity index (χ4v) is 3.76. The zero-order chi connectivity index (χ0) is 18.6. The van der Waals surface area contributed by atoms with Crippen LogP contribution >= 0.6 is 11.3 Å². The van der Waals surface area contributed by atoms with Gasteiger partial charge in [-0.05, 0) is 37.3 Å². The molecule has 8 heteroatoms. The van der Waals surface area contributed by atoms with Gasteiger partial charge in [0.05, 0.1) is 24.1 Å². The van der Waals surface area contributed by atoms with Gasteiger partial charge in [-0.1, -0.05) is 17.4 Å². The topological polar surface area (TPSA) is 73.4 Å². The highest BCUT2D eigenvalue weighted by Gasteiger charge is 2.24. The van der Waals surface area contributed by atoms with Crippen LogP contribution in [0.15, 0.2) is 59.5 Å². The van der Waals surface area contributed by atoms with Crippen molar-refractivity contribution in [1.82, 2.24) is 14.8 Å². The first-order valence-electron chi connectivity index (χ1n) is 8.61. The van der Waals surface area contributed by atoms with Crippen LogP contribution < -0.4 is 9.64 Å². The molecule has 0 spiro atoms. The number of furan rings is 1. The lowest BCUT2D eigenvalue weighted by atomic mass is 10.3. The van der Waals surface area contributed by atoms with Crippen LogP contribution in [0.4, 0.5) is 5.13 Å². The van der Waals surface area contributed by atoms with Crippen molar-refractivity contribution in [1.29, 1.82) is 0 Å². The highest BCUT2D eigenvalue weighted by atomic mass is 32.1. The summed E-state index contributed by atoms with van der Waals surface area (Å²) in [6.07, 6.45) is 5.07. The summed E-state index contributed by atoms with van der Waals surface area (Å²) in [7, 11) is 0. The second-order valence-electron chi connectivity index (χ2n) is 5.74. The van der Waals surface area contributed by atoms with Gasteiger partial charge >= 0.3 is 0 Å². The molecule has 0 radical (unpaired) electrons. The van der Waals surface area contributed by atoms with Crippen LogP contribution in [-0.4, -0.2) is 33.8 Å². The van der Waals surface area contributed by atoms with Gasteiger partial charge in [0, 0.05) is 18.9 Å². The van der Waals surface area contributed by atoms with Crippen molar-refractivity contribution < 1.29 is 13.9 Å². The van der Waals surface area contributed by atoms with E-state index in [9.17, 15) is 4.79 Å². The Bertz CT molecular complexity index is 1020. The third-order valence-electron chi connectivity index (χ3n) is 3.99. The fourth-order valence-electron chi connectivity index (χ4n) is 2.75. The molecule has 4 aromatic rings. The van der Waals surface area contributed by atoms with E-state index in [2.05, 4.69) is 10.1 Å². The molecule has 0 atom stereocenters. The fraction of sp³-hybridized carbons (Fsp3) is 0.211. The maximum atomic E-state index is 13.0. The number of fused-ring (bicyclic) bond motifs is 1. The molecule has 0 aliphatic carbocycles. The smallest absolute Gasteiger partial charge is 0.295 e. The molecule has 3 aromatic heterocycles. The van der Waals surface area contributed by atoms with Crippen LogP contribution in [0.2, 0.25) is 0 Å². The summed E-state index contributed by atoms with van der Waals surface area (Å²) in [4.78, 5) is 19.3. The number of carbonyl (C=O) groups is 1. The van der Waals surface area contributed by atoms with Crippen molar-refractivity contribution in [3.8, 4) is 5.75 Å². The van der Waals surface area contributed by atoms with Gasteiger partial charge in [0.25, 0.3) is 5.91 Å². The van der Waals surface area contributed by atoms with E-state index >= 15 is 0 Å². The van der Waals surface area contributed by atoms with E-state index in [1.807, 2.05) is 37.4 Å². The molecule has 7 nitrogen and oxygen atoms in total. The summed E-state index contributed by atoms with van der Waals surface area (Å²) in [5.41, 5.74) is 0.760. The monoisotopic (exact) mass is 382 g/mol. The number of nitrogens with zero attached hydrogens (tertiary/aromatic N) is 4. The van der Waals surface area contributed by atoms with Crippen LogP contribution in [0.25, 0.3) is 10.2 Å². The first-order chi connectivity index (χ1) is 13.3. The van der Waals surface area contributed by atoms with Gasteiger partial charge < -0.3 is 9.15 Å². The Labute approximate surface area is 159 Å². The van der Waals surface area contributed by atoms with E-state index in [1.54, 1.807) is 27.9 Å². The molecule has 0 bridgehead atoms. The number of benzene rings is 1. The van der Waals surface area contributed by atoms with Crippen molar-refractivity contribution in [2.24, 2.45) is 0 Å². The number of hydrogen-bond acceptors (Lipinski definition) is 6. The van der Waals surface area contributed by atoms with Crippen molar-refractivity contribution in [2.75, 3.05) is 18.1 Å². The minimum absolute atomic E-state index is 0.232. The molecule has 0 aliphatic heterocycles. The maximum Gasteiger partial charge on any atom is 0.295 e. The Morgan fingerprint density at radius 3 is 2.96 bits per heavy atom. The summed E-state index contributed by atoms with van der Waals surface area (Å²) < 4.78 is 13.7. The first-order valence-corrected chi connectivity index (χ1v) is 9.43. The molecule has 138 valence electrons. The predicted molar refractivity (Wildman–Crippen MR) is 103 cm³/mol. The van der Waals surface area contributed by atoms with Crippen LogP contribution in [0, 0.1) is 0 Å². The maximum absolute atomic E-state index is 13.0. The van der Waals surface area contributed by atoms with Crippen molar-refractivity contribution in [3.63, 3.8) is 0 Å². The predicted octanol–water partition coefficient (Wildman–Crippen LogP) is 3.83. The molecular formula is C19H18N4O3S. The number of rotatable bonds is 7. The molecule has 4 rings (SSSR count). The summed E-state index contributed by atoms with van der Waals surface area (Å²) >= 11 is 1.45. The Kier molecular flexibility index (Phi) is 4.88. The second-order valence-corrected chi connectivity index (χ2v) is 6.74. The van der Waals surface area contributed by atoms with Gasteiger partial charge in [0.15, 0.2) is 10.9 Å². The summed E-state index contributed by atoms with van der Waals surface area (Å²) in [6, 6.07) is 11.0. The normalized spacial score (nSPS) is 11.0. The largest absolute Gasteiger partial charge is 0.492 e. The Morgan fingerprint density at radius 2 is 2.22 bits per heavy atom. The van der Waals surface area contributed by atoms with Crippen molar-refractivity contribution >= 4 is 32.6 Å². The average molecular weight is 382 g/mol. The van der Waals surface area contributed by atoms with Crippen LogP contribution in [-0.2, 0) is 6.54 Å². The van der Waals surface area contributed by atoms with Gasteiger partial charge in [-0.3, -0.25) is 14.4 Å². The molecule has 0 fully saturated rings. The van der Waals surface area contributed by atoms with Gasteiger partial charge in [0.1, 0.15) is 11.3 Å². The lowest BCUT2D eigenvalue weighted by molar-refractivity contribution is 0.0959. The SMILES string of the molecule is CCOc1cccc2sc(N(CCn3cccn3)C(=O)c3ccco3)nc12. The molecule has 1 amide bonds. The molecule has 0 unspecified atom stereocenters. The number of carbonyl (C=O) groups excluding carboxylic acids is 1. The van der Waals surface area contributed by atoms with E-state index in [0.717, 1.165) is 16.0 Å². The van der Waals surface area contributed by atoms with Crippen LogP contribution in [0.1, 0.15) is 17.5 Å². The van der Waals surface area contributed by atoms with Gasteiger partial charge in [0.2, 0.25) is 0 Å². The third kappa shape index (κ3) is 3.56. The minimum atomic E-state index is -0.232. The number of hydrogen-bond donors (Lipinski definition) is 0. The molecule has 27 heavy (non-hydrogen) atoms. The highest BCUT2D eigenvalue weighted by molar-refractivity contribution is 7.22. The van der Waals surface area contributed by atoms with Gasteiger partial charge in [-0.25, -0.2) is 4.98 Å². The standard InChI is InChI=1S/C19H18N4O3S/c1-2-25-14-6-3-8-16-17(14)21-19(27-16)23(12-11-22-10-5-9-20-22)18(24)15-7-4-13-26-15/h3-10,13H,2,11-12H2,1H3. The quantitative estimate of drug-likeness (QED) is 0.486. The number of ether oxygens (including phenoxy) is 1. The van der Waals surface area contributed by atoms with Crippen molar-refractivity contribution in [3.05, 3.63) is 60.8 Å². The van der Waals surface area contributed by atoms with E-state index in [4.69, 9.17) is 9.15 Å². The summed E-state index contributed by atoms with van der Waals surface area (Å²) in [5.74, 6) is 0.763. The Balaban J connectivity index is 1.69. The molecule has 0 saturated heterocycles. The summed E-state index contributed by atoms with van der Waals surface area (Å²) in [5, 5.41) is 4.81. The molecule has 3 heterocycles. The highest BCUT2D eigenvalue weighted by Crippen LogP contribution is 2.34. The lowest BCUT2D eigenvalue weighted by Crippen LogP contribution is -2.33. The molecule has 0 saturated carbocycles. The zero-order valence-corrected chi connectivity index (χ0v) is 15.6. The van der Waals surface area contributed by atoms with E-state index < -0.39 is 0 Å².